The maximum atomic E-state index is 9.82. The summed E-state index contributed by atoms with van der Waals surface area (Å²) in [6.07, 6.45) is 0. The van der Waals surface area contributed by atoms with E-state index >= 15 is 0 Å². The number of hydrogen-bond donors (Lipinski definition) is 0. The largest absolute Gasteiger partial charge is 0.466 e. The zero-order valence-electron chi connectivity index (χ0n) is 10.4. The van der Waals surface area contributed by atoms with Gasteiger partial charge in [-0.2, -0.15) is 0 Å². The second-order valence-electron chi connectivity index (χ2n) is 2.99. The van der Waals surface area contributed by atoms with E-state index in [1.165, 1.54) is 20.8 Å². The number of hydrogen-bond acceptors (Lipinski definition) is 3. The van der Waals surface area contributed by atoms with E-state index in [1.54, 1.807) is 6.92 Å². The van der Waals surface area contributed by atoms with E-state index in [0.717, 1.165) is 0 Å². The standard InChI is InChI=1S/C6H6.C4H8O2.C3H6O/c1-2-4-6-5-3-1;1-3-6-4(2)5;1-3(2)4/h1-6H;3H2,1-2H3;1-2H3. The molecule has 0 radical (unpaired) electrons. The van der Waals surface area contributed by atoms with Gasteiger partial charge in [0.15, 0.2) is 0 Å². The molecule has 0 unspecified atom stereocenters. The average molecular weight is 224 g/mol. The fourth-order valence-corrected chi connectivity index (χ4v) is 0.588. The molecule has 0 heterocycles. The van der Waals surface area contributed by atoms with Crippen LogP contribution in [-0.2, 0) is 14.3 Å². The highest BCUT2D eigenvalue weighted by molar-refractivity contribution is 5.72. The Hall–Kier alpha value is -1.64. The minimum Gasteiger partial charge on any atom is -0.466 e. The Morgan fingerprint density at radius 1 is 0.875 bits per heavy atom. The maximum Gasteiger partial charge on any atom is 0.302 e. The summed E-state index contributed by atoms with van der Waals surface area (Å²) in [5.41, 5.74) is 0. The first-order chi connectivity index (χ1) is 7.50. The highest BCUT2D eigenvalue weighted by Gasteiger charge is 1.81. The Morgan fingerprint density at radius 2 is 1.12 bits per heavy atom. The average Bonchev–Trinajstić information content (AvgIpc) is 2.20. The minimum absolute atomic E-state index is 0.167. The van der Waals surface area contributed by atoms with Gasteiger partial charge in [-0.15, -0.1) is 0 Å². The number of rotatable bonds is 1. The smallest absolute Gasteiger partial charge is 0.302 e. The van der Waals surface area contributed by atoms with Crippen LogP contribution >= 0.6 is 0 Å². The van der Waals surface area contributed by atoms with Crippen LogP contribution in [0.25, 0.3) is 0 Å². The molecular weight excluding hydrogens is 204 g/mol. The Morgan fingerprint density at radius 3 is 1.19 bits per heavy atom. The van der Waals surface area contributed by atoms with Gasteiger partial charge in [0.2, 0.25) is 0 Å². The monoisotopic (exact) mass is 224 g/mol. The van der Waals surface area contributed by atoms with Crippen molar-refractivity contribution in [2.24, 2.45) is 0 Å². The zero-order chi connectivity index (χ0) is 12.8. The summed E-state index contributed by atoms with van der Waals surface area (Å²) in [5, 5.41) is 0. The van der Waals surface area contributed by atoms with Crippen molar-refractivity contribution in [2.45, 2.75) is 27.7 Å². The lowest BCUT2D eigenvalue weighted by Crippen LogP contribution is -1.95. The van der Waals surface area contributed by atoms with Gasteiger partial charge in [-0.25, -0.2) is 0 Å². The predicted octanol–water partition coefficient (Wildman–Crippen LogP) is 2.85. The minimum atomic E-state index is -0.211. The van der Waals surface area contributed by atoms with Crippen LogP contribution in [0.5, 0.6) is 0 Å². The molecule has 0 saturated heterocycles. The number of carbonyl (C=O) groups is 2. The van der Waals surface area contributed by atoms with Crippen LogP contribution in [0.1, 0.15) is 27.7 Å². The molecule has 0 aliphatic carbocycles. The molecule has 0 aromatic heterocycles. The normalized spacial score (nSPS) is 7.50. The summed E-state index contributed by atoms with van der Waals surface area (Å²) in [6.45, 7) is 6.71. The van der Waals surface area contributed by atoms with Gasteiger partial charge < -0.3 is 9.53 Å². The third-order valence-electron chi connectivity index (χ3n) is 1.01. The topological polar surface area (TPSA) is 43.4 Å². The Labute approximate surface area is 97.4 Å². The number of benzene rings is 1. The molecule has 1 aromatic rings. The van der Waals surface area contributed by atoms with Crippen molar-refractivity contribution < 1.29 is 14.3 Å². The third-order valence-corrected chi connectivity index (χ3v) is 1.01. The fourth-order valence-electron chi connectivity index (χ4n) is 0.588. The molecule has 90 valence electrons. The van der Waals surface area contributed by atoms with Crippen LogP contribution in [-0.4, -0.2) is 18.4 Å². The predicted molar refractivity (Wildman–Crippen MR) is 65.1 cm³/mol. The molecule has 3 heteroatoms. The van der Waals surface area contributed by atoms with Crippen LogP contribution < -0.4 is 0 Å². The van der Waals surface area contributed by atoms with Crippen molar-refractivity contribution >= 4 is 11.8 Å². The number of carbonyl (C=O) groups excluding carboxylic acids is 2. The number of esters is 1. The van der Waals surface area contributed by atoms with Gasteiger partial charge in [0.25, 0.3) is 0 Å². The zero-order valence-corrected chi connectivity index (χ0v) is 10.4. The van der Waals surface area contributed by atoms with Gasteiger partial charge in [-0.1, -0.05) is 36.4 Å². The molecule has 0 amide bonds. The van der Waals surface area contributed by atoms with Crippen LogP contribution in [0.2, 0.25) is 0 Å². The maximum absolute atomic E-state index is 9.82. The molecule has 16 heavy (non-hydrogen) atoms. The molecular formula is C13H20O3. The van der Waals surface area contributed by atoms with E-state index in [4.69, 9.17) is 0 Å². The van der Waals surface area contributed by atoms with Gasteiger partial charge in [0, 0.05) is 6.92 Å². The van der Waals surface area contributed by atoms with E-state index in [2.05, 4.69) is 4.74 Å². The van der Waals surface area contributed by atoms with Crippen LogP contribution in [0.15, 0.2) is 36.4 Å². The van der Waals surface area contributed by atoms with Crippen molar-refractivity contribution in [3.8, 4) is 0 Å². The van der Waals surface area contributed by atoms with Crippen molar-refractivity contribution in [1.82, 2.24) is 0 Å². The summed E-state index contributed by atoms with van der Waals surface area (Å²) < 4.78 is 4.40. The van der Waals surface area contributed by atoms with Gasteiger partial charge in [0.1, 0.15) is 5.78 Å². The van der Waals surface area contributed by atoms with Gasteiger partial charge >= 0.3 is 5.97 Å². The van der Waals surface area contributed by atoms with E-state index in [-0.39, 0.29) is 11.8 Å². The van der Waals surface area contributed by atoms with Crippen LogP contribution in [0, 0.1) is 0 Å². The molecule has 0 N–H and O–H groups in total. The molecule has 0 bridgehead atoms. The lowest BCUT2D eigenvalue weighted by molar-refractivity contribution is -0.140. The van der Waals surface area contributed by atoms with E-state index in [9.17, 15) is 9.59 Å². The van der Waals surface area contributed by atoms with Crippen LogP contribution in [0.3, 0.4) is 0 Å². The molecule has 0 aliphatic rings. The number of ether oxygens (including phenoxy) is 1. The first kappa shape index (κ1) is 16.8. The molecule has 0 spiro atoms. The summed E-state index contributed by atoms with van der Waals surface area (Å²) in [6, 6.07) is 12.0. The molecule has 0 fully saturated rings. The Bertz CT molecular complexity index is 237. The first-order valence-corrected chi connectivity index (χ1v) is 5.11. The highest BCUT2D eigenvalue weighted by Crippen LogP contribution is 1.79. The van der Waals surface area contributed by atoms with E-state index in [0.29, 0.717) is 6.61 Å². The van der Waals surface area contributed by atoms with Gasteiger partial charge in [-0.05, 0) is 20.8 Å². The first-order valence-electron chi connectivity index (χ1n) is 5.11. The summed E-state index contributed by atoms with van der Waals surface area (Å²) >= 11 is 0. The fraction of sp³-hybridized carbons (Fsp3) is 0.385. The van der Waals surface area contributed by atoms with Crippen molar-refractivity contribution in [3.63, 3.8) is 0 Å². The highest BCUT2D eigenvalue weighted by atomic mass is 16.5. The second-order valence-corrected chi connectivity index (χ2v) is 2.99. The lowest BCUT2D eigenvalue weighted by Gasteiger charge is -1.89. The van der Waals surface area contributed by atoms with E-state index in [1.807, 2.05) is 36.4 Å². The van der Waals surface area contributed by atoms with E-state index < -0.39 is 0 Å². The van der Waals surface area contributed by atoms with Crippen molar-refractivity contribution in [1.29, 1.82) is 0 Å². The van der Waals surface area contributed by atoms with Gasteiger partial charge in [0.05, 0.1) is 6.61 Å². The third kappa shape index (κ3) is 29.4. The summed E-state index contributed by atoms with van der Waals surface area (Å²) in [4.78, 5) is 19.3. The molecule has 0 atom stereocenters. The molecule has 3 nitrogen and oxygen atoms in total. The van der Waals surface area contributed by atoms with Crippen molar-refractivity contribution in [2.75, 3.05) is 6.61 Å². The Balaban J connectivity index is 0. The summed E-state index contributed by atoms with van der Waals surface area (Å²) in [5.74, 6) is -0.0440. The molecule has 0 saturated carbocycles. The van der Waals surface area contributed by atoms with Gasteiger partial charge in [-0.3, -0.25) is 4.79 Å². The molecule has 1 rings (SSSR count). The molecule has 0 aliphatic heterocycles. The number of Topliss-reactive ketones (excluding diaryl/α,β-unsaturated/α-hetero) is 1. The SMILES string of the molecule is CC(C)=O.CCOC(C)=O.c1ccccc1. The molecule has 1 aromatic carbocycles. The Kier molecular flexibility index (Phi) is 14.0. The lowest BCUT2D eigenvalue weighted by atomic mass is 10.4. The van der Waals surface area contributed by atoms with Crippen molar-refractivity contribution in [3.05, 3.63) is 36.4 Å². The second kappa shape index (κ2) is 13.4. The quantitative estimate of drug-likeness (QED) is 0.689. The number of ketones is 1. The summed E-state index contributed by atoms with van der Waals surface area (Å²) in [7, 11) is 0. The van der Waals surface area contributed by atoms with Crippen LogP contribution in [0.4, 0.5) is 0 Å².